The number of benzene rings is 1. The largest absolute Gasteiger partial charge is 0.454 e. The predicted octanol–water partition coefficient (Wildman–Crippen LogP) is 3.35. The molecule has 2 rings (SSSR count). The van der Waals surface area contributed by atoms with Crippen LogP contribution >= 0.6 is 11.6 Å². The lowest BCUT2D eigenvalue weighted by molar-refractivity contribution is -0.122. The van der Waals surface area contributed by atoms with E-state index in [1.807, 2.05) is 0 Å². The molecule has 0 aliphatic carbocycles. The highest BCUT2D eigenvalue weighted by Crippen LogP contribution is 2.33. The number of hydrogen-bond donors (Lipinski definition) is 1. The molecule has 0 aliphatic heterocycles. The zero-order chi connectivity index (χ0) is 19.4. The molecule has 134 valence electrons. The highest BCUT2D eigenvalue weighted by Gasteiger charge is 2.28. The molecule has 0 amide bonds. The van der Waals surface area contributed by atoms with Gasteiger partial charge in [-0.25, -0.2) is 9.18 Å². The first-order valence-electron chi connectivity index (χ1n) is 7.33. The molecule has 1 aromatic heterocycles. The van der Waals surface area contributed by atoms with Crippen LogP contribution in [0.3, 0.4) is 0 Å². The van der Waals surface area contributed by atoms with Gasteiger partial charge in [0.05, 0.1) is 16.7 Å². The van der Waals surface area contributed by atoms with Gasteiger partial charge in [0.25, 0.3) is 0 Å². The van der Waals surface area contributed by atoms with Crippen LogP contribution in [0, 0.1) is 35.4 Å². The maximum absolute atomic E-state index is 14.1. The van der Waals surface area contributed by atoms with E-state index >= 15 is 0 Å². The molecule has 1 heterocycles. The van der Waals surface area contributed by atoms with Crippen molar-refractivity contribution in [3.8, 4) is 17.3 Å². The van der Waals surface area contributed by atoms with E-state index in [-0.39, 0.29) is 33.3 Å². The summed E-state index contributed by atoms with van der Waals surface area (Å²) in [6.45, 7) is 2.00. The number of aryl methyl sites for hydroxylation is 1. The van der Waals surface area contributed by atoms with Crippen molar-refractivity contribution in [3.05, 3.63) is 40.4 Å². The molecule has 9 heteroatoms. The van der Waals surface area contributed by atoms with Gasteiger partial charge in [0.2, 0.25) is 0 Å². The summed E-state index contributed by atoms with van der Waals surface area (Å²) in [7, 11) is 0. The van der Waals surface area contributed by atoms with Crippen LogP contribution in [0.4, 0.5) is 4.39 Å². The first kappa shape index (κ1) is 19.3. The maximum Gasteiger partial charge on any atom is 0.344 e. The van der Waals surface area contributed by atoms with Crippen molar-refractivity contribution in [1.29, 1.82) is 10.7 Å². The summed E-state index contributed by atoms with van der Waals surface area (Å²) in [6, 6.07) is 5.63. The summed E-state index contributed by atoms with van der Waals surface area (Å²) in [4.78, 5) is 24.2. The molecule has 1 atom stereocenters. The highest BCUT2D eigenvalue weighted by atomic mass is 35.5. The van der Waals surface area contributed by atoms with E-state index in [1.54, 1.807) is 6.07 Å². The normalized spacial score (nSPS) is 11.5. The first-order chi connectivity index (χ1) is 12.3. The highest BCUT2D eigenvalue weighted by molar-refractivity contribution is 6.33. The summed E-state index contributed by atoms with van der Waals surface area (Å²) in [5.41, 5.74) is -0.615. The number of nitrogens with zero attached hydrogens (tertiary/aromatic N) is 2. The van der Waals surface area contributed by atoms with Gasteiger partial charge in [-0.05, 0) is 26.0 Å². The minimum absolute atomic E-state index is 0.0207. The Balaban J connectivity index is 2.29. The van der Waals surface area contributed by atoms with Crippen molar-refractivity contribution in [1.82, 2.24) is 5.16 Å². The lowest BCUT2D eigenvalue weighted by Gasteiger charge is -2.08. The number of carbonyl (C=O) groups excluding carboxylic acids is 2. The molecular weight excluding hydrogens is 365 g/mol. The van der Waals surface area contributed by atoms with Gasteiger partial charge in [-0.3, -0.25) is 4.79 Å². The number of ether oxygens (including phenoxy) is 1. The number of ketones is 1. The Morgan fingerprint density at radius 2 is 2.19 bits per heavy atom. The zero-order valence-corrected chi connectivity index (χ0v) is 14.6. The first-order valence-corrected chi connectivity index (χ1v) is 7.70. The van der Waals surface area contributed by atoms with Crippen molar-refractivity contribution in [2.75, 3.05) is 6.61 Å². The summed E-state index contributed by atoms with van der Waals surface area (Å²) in [5, 5.41) is 19.9. The van der Waals surface area contributed by atoms with Crippen LogP contribution in [0.1, 0.15) is 23.0 Å². The Morgan fingerprint density at radius 1 is 1.50 bits per heavy atom. The summed E-state index contributed by atoms with van der Waals surface area (Å²) < 4.78 is 24.0. The Morgan fingerprint density at radius 3 is 2.77 bits per heavy atom. The van der Waals surface area contributed by atoms with E-state index in [0.717, 1.165) is 6.07 Å². The van der Waals surface area contributed by atoms with E-state index in [2.05, 4.69) is 5.16 Å². The molecule has 2 aromatic rings. The SMILES string of the molecule is CC(=N)[C@@H](C#N)C(=O)COC(=O)c1c(-c2c(F)cccc2Cl)noc1C. The van der Waals surface area contributed by atoms with Crippen molar-refractivity contribution in [2.45, 2.75) is 13.8 Å². The summed E-state index contributed by atoms with van der Waals surface area (Å²) >= 11 is 5.99. The molecule has 0 radical (unpaired) electrons. The van der Waals surface area contributed by atoms with Crippen LogP contribution in [0.25, 0.3) is 11.3 Å². The van der Waals surface area contributed by atoms with Gasteiger partial charge in [0.15, 0.2) is 12.4 Å². The molecule has 7 nitrogen and oxygen atoms in total. The second-order valence-corrected chi connectivity index (χ2v) is 5.75. The van der Waals surface area contributed by atoms with Crippen molar-refractivity contribution in [2.24, 2.45) is 5.92 Å². The second-order valence-electron chi connectivity index (χ2n) is 5.35. The Bertz CT molecular complexity index is 912. The number of aromatic nitrogens is 1. The minimum Gasteiger partial charge on any atom is -0.454 e. The number of hydrogen-bond acceptors (Lipinski definition) is 7. The maximum atomic E-state index is 14.1. The van der Waals surface area contributed by atoms with Gasteiger partial charge in [-0.15, -0.1) is 0 Å². The fourth-order valence-electron chi connectivity index (χ4n) is 2.21. The average Bonchev–Trinajstić information content (AvgIpc) is 2.94. The number of esters is 1. The number of rotatable bonds is 6. The standard InChI is InChI=1S/C17H13ClFN3O4/c1-8(21)10(6-20)13(23)7-25-17(24)14-9(2)26-22-16(14)15-11(18)4-3-5-12(15)19/h3-5,10,21H,7H2,1-2H3/t10-/m1/s1. The van der Waals surface area contributed by atoms with E-state index in [4.69, 9.17) is 31.5 Å². The lowest BCUT2D eigenvalue weighted by atomic mass is 10.0. The molecule has 26 heavy (non-hydrogen) atoms. The van der Waals surface area contributed by atoms with E-state index in [9.17, 15) is 14.0 Å². The second kappa shape index (κ2) is 7.89. The van der Waals surface area contributed by atoms with Gasteiger partial charge in [-0.1, -0.05) is 22.8 Å². The average molecular weight is 378 g/mol. The number of halogens is 2. The van der Waals surface area contributed by atoms with Crippen molar-refractivity contribution < 1.29 is 23.2 Å². The third kappa shape index (κ3) is 3.78. The number of Topliss-reactive ketones (excluding diaryl/α,β-unsaturated/α-hetero) is 1. The van der Waals surface area contributed by atoms with Crippen LogP contribution in [-0.2, 0) is 9.53 Å². The van der Waals surface area contributed by atoms with Crippen LogP contribution in [0.2, 0.25) is 5.02 Å². The Hall–Kier alpha value is -3.05. The number of nitriles is 1. The fraction of sp³-hybridized carbons (Fsp3) is 0.235. The van der Waals surface area contributed by atoms with Crippen LogP contribution in [0.5, 0.6) is 0 Å². The third-order valence-electron chi connectivity index (χ3n) is 3.50. The molecule has 0 fully saturated rings. The van der Waals surface area contributed by atoms with Crippen LogP contribution in [0.15, 0.2) is 22.7 Å². The molecule has 1 aromatic carbocycles. The fourth-order valence-corrected chi connectivity index (χ4v) is 2.46. The third-order valence-corrected chi connectivity index (χ3v) is 3.81. The van der Waals surface area contributed by atoms with Crippen molar-refractivity contribution >= 4 is 29.1 Å². The molecule has 0 unspecified atom stereocenters. The Labute approximate surface area is 152 Å². The predicted molar refractivity (Wildman–Crippen MR) is 89.4 cm³/mol. The van der Waals surface area contributed by atoms with Crippen molar-refractivity contribution in [3.63, 3.8) is 0 Å². The van der Waals surface area contributed by atoms with Gasteiger partial charge < -0.3 is 14.7 Å². The molecular formula is C17H13ClFN3O4. The minimum atomic E-state index is -1.30. The Kier molecular flexibility index (Phi) is 5.85. The number of carbonyl (C=O) groups is 2. The van der Waals surface area contributed by atoms with E-state index < -0.39 is 30.1 Å². The van der Waals surface area contributed by atoms with E-state index in [1.165, 1.54) is 26.0 Å². The molecule has 0 aliphatic rings. The molecule has 0 saturated carbocycles. The molecule has 0 bridgehead atoms. The van der Waals surface area contributed by atoms with Gasteiger partial charge in [0.1, 0.15) is 28.8 Å². The van der Waals surface area contributed by atoms with Crippen LogP contribution in [-0.4, -0.2) is 29.2 Å². The monoisotopic (exact) mass is 377 g/mol. The lowest BCUT2D eigenvalue weighted by Crippen LogP contribution is -2.25. The zero-order valence-electron chi connectivity index (χ0n) is 13.8. The molecule has 0 spiro atoms. The van der Waals surface area contributed by atoms with Gasteiger partial charge >= 0.3 is 5.97 Å². The van der Waals surface area contributed by atoms with Gasteiger partial charge in [0, 0.05) is 5.71 Å². The quantitative estimate of drug-likeness (QED) is 0.609. The van der Waals surface area contributed by atoms with E-state index in [0.29, 0.717) is 0 Å². The topological polar surface area (TPSA) is 117 Å². The summed E-state index contributed by atoms with van der Waals surface area (Å²) in [5.74, 6) is -3.68. The molecule has 1 N–H and O–H groups in total. The van der Waals surface area contributed by atoms with Gasteiger partial charge in [-0.2, -0.15) is 5.26 Å². The molecule has 0 saturated heterocycles. The summed E-state index contributed by atoms with van der Waals surface area (Å²) in [6.07, 6.45) is 0. The smallest absolute Gasteiger partial charge is 0.344 e. The van der Waals surface area contributed by atoms with Crippen LogP contribution < -0.4 is 0 Å². The number of nitrogens with one attached hydrogen (secondary N) is 1.